The molecule has 0 aliphatic carbocycles. The third-order valence-electron chi connectivity index (χ3n) is 2.89. The Labute approximate surface area is 120 Å². The number of phenols is 1. The van der Waals surface area contributed by atoms with Gasteiger partial charge in [0.2, 0.25) is 0 Å². The maximum atomic E-state index is 12.3. The number of aromatic amines is 1. The summed E-state index contributed by atoms with van der Waals surface area (Å²) in [6.45, 7) is -0.104. The molecular formula is C12H13N3O5S. The summed E-state index contributed by atoms with van der Waals surface area (Å²) in [5.41, 5.74) is -0.0286. The SMILES string of the molecule is CN(Cc1ccccc1O)S(=O)(=O)c1[nH]ncc1C(=O)O. The first-order chi connectivity index (χ1) is 9.84. The van der Waals surface area contributed by atoms with Crippen LogP contribution in [0.3, 0.4) is 0 Å². The van der Waals surface area contributed by atoms with Crippen LogP contribution in [0.2, 0.25) is 0 Å². The van der Waals surface area contributed by atoms with Crippen LogP contribution in [0.4, 0.5) is 0 Å². The van der Waals surface area contributed by atoms with E-state index in [4.69, 9.17) is 5.11 Å². The highest BCUT2D eigenvalue weighted by molar-refractivity contribution is 7.89. The number of hydrogen-bond acceptors (Lipinski definition) is 5. The standard InChI is InChI=1S/C12H13N3O5S/c1-15(7-8-4-2-3-5-10(8)16)21(19,20)11-9(12(17)18)6-13-14-11/h2-6,16H,7H2,1H3,(H,13,14)(H,17,18). The molecule has 1 aromatic heterocycles. The van der Waals surface area contributed by atoms with Crippen LogP contribution in [-0.4, -0.2) is 46.2 Å². The predicted molar refractivity (Wildman–Crippen MR) is 72.3 cm³/mol. The molecule has 2 rings (SSSR count). The van der Waals surface area contributed by atoms with Gasteiger partial charge in [0.05, 0.1) is 6.20 Å². The van der Waals surface area contributed by atoms with Crippen LogP contribution in [0, 0.1) is 0 Å². The second-order valence-corrected chi connectivity index (χ2v) is 6.29. The Morgan fingerprint density at radius 3 is 2.67 bits per heavy atom. The number of para-hydroxylation sites is 1. The van der Waals surface area contributed by atoms with Gasteiger partial charge in [-0.25, -0.2) is 13.2 Å². The van der Waals surface area contributed by atoms with Crippen LogP contribution in [0.5, 0.6) is 5.75 Å². The Bertz CT molecular complexity index is 769. The lowest BCUT2D eigenvalue weighted by Gasteiger charge is -2.17. The maximum absolute atomic E-state index is 12.3. The fraction of sp³-hybridized carbons (Fsp3) is 0.167. The maximum Gasteiger partial charge on any atom is 0.340 e. The number of aromatic nitrogens is 2. The molecule has 0 fully saturated rings. The van der Waals surface area contributed by atoms with Crippen LogP contribution >= 0.6 is 0 Å². The molecule has 3 N–H and O–H groups in total. The molecule has 0 unspecified atom stereocenters. The molecule has 0 radical (unpaired) electrons. The summed E-state index contributed by atoms with van der Waals surface area (Å²) < 4.78 is 25.6. The lowest BCUT2D eigenvalue weighted by Crippen LogP contribution is -2.28. The molecule has 112 valence electrons. The number of carboxylic acids is 1. The van der Waals surface area contributed by atoms with Crippen molar-refractivity contribution in [2.75, 3.05) is 7.05 Å². The average molecular weight is 311 g/mol. The minimum absolute atomic E-state index is 0.0392. The third kappa shape index (κ3) is 2.88. The average Bonchev–Trinajstić information content (AvgIpc) is 2.91. The van der Waals surface area contributed by atoms with Gasteiger partial charge in [0, 0.05) is 19.2 Å². The second-order valence-electron chi connectivity index (χ2n) is 4.31. The number of nitrogens with zero attached hydrogens (tertiary/aromatic N) is 2. The van der Waals surface area contributed by atoms with Gasteiger partial charge in [-0.2, -0.15) is 9.40 Å². The van der Waals surface area contributed by atoms with E-state index >= 15 is 0 Å². The minimum Gasteiger partial charge on any atom is -0.508 e. The lowest BCUT2D eigenvalue weighted by atomic mass is 10.2. The number of benzene rings is 1. The molecule has 0 saturated carbocycles. The topological polar surface area (TPSA) is 124 Å². The monoisotopic (exact) mass is 311 g/mol. The van der Waals surface area contributed by atoms with Gasteiger partial charge >= 0.3 is 5.97 Å². The number of sulfonamides is 1. The molecule has 9 heteroatoms. The van der Waals surface area contributed by atoms with Crippen molar-refractivity contribution in [2.24, 2.45) is 0 Å². The zero-order chi connectivity index (χ0) is 15.6. The zero-order valence-corrected chi connectivity index (χ0v) is 11.8. The molecule has 1 aromatic carbocycles. The number of carboxylic acid groups (broad SMARTS) is 1. The number of carbonyl (C=O) groups is 1. The van der Waals surface area contributed by atoms with Crippen molar-refractivity contribution in [1.82, 2.24) is 14.5 Å². The summed E-state index contributed by atoms with van der Waals surface area (Å²) in [6, 6.07) is 6.29. The third-order valence-corrected chi connectivity index (χ3v) is 4.66. The number of hydrogen-bond donors (Lipinski definition) is 3. The highest BCUT2D eigenvalue weighted by atomic mass is 32.2. The molecule has 0 amide bonds. The van der Waals surface area contributed by atoms with Crippen molar-refractivity contribution in [3.63, 3.8) is 0 Å². The Hall–Kier alpha value is -2.39. The van der Waals surface area contributed by atoms with Gasteiger partial charge in [-0.15, -0.1) is 0 Å². The second kappa shape index (κ2) is 5.54. The van der Waals surface area contributed by atoms with Gasteiger partial charge in [-0.1, -0.05) is 18.2 Å². The van der Waals surface area contributed by atoms with E-state index in [1.807, 2.05) is 0 Å². The number of aromatic carboxylic acids is 1. The smallest absolute Gasteiger partial charge is 0.340 e. The van der Waals surface area contributed by atoms with Crippen molar-refractivity contribution in [2.45, 2.75) is 11.6 Å². The fourth-order valence-electron chi connectivity index (χ4n) is 1.75. The number of rotatable bonds is 5. The molecule has 0 saturated heterocycles. The molecule has 0 spiro atoms. The first-order valence-electron chi connectivity index (χ1n) is 5.84. The predicted octanol–water partition coefficient (Wildman–Crippen LogP) is 0.634. The first kappa shape index (κ1) is 15.0. The number of nitrogens with one attached hydrogen (secondary N) is 1. The summed E-state index contributed by atoms with van der Waals surface area (Å²) in [7, 11) is -2.78. The molecular weight excluding hydrogens is 298 g/mol. The van der Waals surface area contributed by atoms with Crippen LogP contribution in [-0.2, 0) is 16.6 Å². The molecule has 0 atom stereocenters. The van der Waals surface area contributed by atoms with Crippen LogP contribution < -0.4 is 0 Å². The van der Waals surface area contributed by atoms with Crippen LogP contribution in [0.15, 0.2) is 35.5 Å². The summed E-state index contributed by atoms with van der Waals surface area (Å²) in [4.78, 5) is 11.0. The van der Waals surface area contributed by atoms with Gasteiger partial charge < -0.3 is 10.2 Å². The van der Waals surface area contributed by atoms with E-state index in [-0.39, 0.29) is 12.3 Å². The number of phenolic OH excluding ortho intramolecular Hbond substituents is 1. The highest BCUT2D eigenvalue weighted by Crippen LogP contribution is 2.22. The number of aromatic hydroxyl groups is 1. The van der Waals surface area contributed by atoms with Crippen LogP contribution in [0.25, 0.3) is 0 Å². The highest BCUT2D eigenvalue weighted by Gasteiger charge is 2.29. The molecule has 21 heavy (non-hydrogen) atoms. The van der Waals surface area contributed by atoms with Crippen LogP contribution in [0.1, 0.15) is 15.9 Å². The minimum atomic E-state index is -4.06. The van der Waals surface area contributed by atoms with E-state index < -0.39 is 26.6 Å². The van der Waals surface area contributed by atoms with E-state index in [2.05, 4.69) is 10.2 Å². The Morgan fingerprint density at radius 1 is 1.38 bits per heavy atom. The molecule has 8 nitrogen and oxygen atoms in total. The Morgan fingerprint density at radius 2 is 2.05 bits per heavy atom. The molecule has 0 bridgehead atoms. The first-order valence-corrected chi connectivity index (χ1v) is 7.28. The van der Waals surface area contributed by atoms with E-state index in [0.29, 0.717) is 5.56 Å². The van der Waals surface area contributed by atoms with E-state index in [0.717, 1.165) is 10.5 Å². The number of H-pyrrole nitrogens is 1. The van der Waals surface area contributed by atoms with Gasteiger partial charge in [0.1, 0.15) is 11.3 Å². The van der Waals surface area contributed by atoms with Crippen molar-refractivity contribution in [1.29, 1.82) is 0 Å². The van der Waals surface area contributed by atoms with E-state index in [9.17, 15) is 18.3 Å². The zero-order valence-electron chi connectivity index (χ0n) is 11.0. The van der Waals surface area contributed by atoms with Gasteiger partial charge in [-0.3, -0.25) is 5.10 Å². The Balaban J connectivity index is 2.33. The van der Waals surface area contributed by atoms with Crippen molar-refractivity contribution < 1.29 is 23.4 Å². The quantitative estimate of drug-likeness (QED) is 0.744. The van der Waals surface area contributed by atoms with Crippen molar-refractivity contribution in [3.05, 3.63) is 41.6 Å². The molecule has 1 heterocycles. The van der Waals surface area contributed by atoms with Gasteiger partial charge in [0.25, 0.3) is 10.0 Å². The van der Waals surface area contributed by atoms with Crippen molar-refractivity contribution in [3.8, 4) is 5.75 Å². The lowest BCUT2D eigenvalue weighted by molar-refractivity contribution is 0.0692. The van der Waals surface area contributed by atoms with Crippen molar-refractivity contribution >= 4 is 16.0 Å². The summed E-state index contributed by atoms with van der Waals surface area (Å²) in [5, 5.41) is 23.8. The van der Waals surface area contributed by atoms with E-state index in [1.54, 1.807) is 18.2 Å². The summed E-state index contributed by atoms with van der Waals surface area (Å²) in [6.07, 6.45) is 0.934. The summed E-state index contributed by atoms with van der Waals surface area (Å²) in [5.74, 6) is -1.43. The normalized spacial score (nSPS) is 11.7. The summed E-state index contributed by atoms with van der Waals surface area (Å²) >= 11 is 0. The largest absolute Gasteiger partial charge is 0.508 e. The van der Waals surface area contributed by atoms with Gasteiger partial charge in [0.15, 0.2) is 5.03 Å². The molecule has 0 aliphatic rings. The van der Waals surface area contributed by atoms with Gasteiger partial charge in [-0.05, 0) is 6.07 Å². The Kier molecular flexibility index (Phi) is 3.96. The fourth-order valence-corrected chi connectivity index (χ4v) is 2.96. The van der Waals surface area contributed by atoms with E-state index in [1.165, 1.54) is 13.1 Å². The molecule has 0 aliphatic heterocycles. The molecule has 2 aromatic rings.